The Morgan fingerprint density at radius 3 is 2.29 bits per heavy atom. The summed E-state index contributed by atoms with van der Waals surface area (Å²) in [6.07, 6.45) is 0. The molecule has 2 N–H and O–H groups in total. The van der Waals surface area contributed by atoms with Crippen molar-refractivity contribution in [2.45, 2.75) is 11.0 Å². The monoisotopic (exact) mass is 403 g/mol. The first-order valence-electron chi connectivity index (χ1n) is 8.27. The molecule has 0 heterocycles. The predicted molar refractivity (Wildman–Crippen MR) is 100 cm³/mol. The van der Waals surface area contributed by atoms with Gasteiger partial charge in [-0.15, -0.1) is 0 Å². The van der Waals surface area contributed by atoms with Gasteiger partial charge >= 0.3 is 0 Å². The zero-order valence-corrected chi connectivity index (χ0v) is 15.6. The van der Waals surface area contributed by atoms with E-state index in [1.807, 2.05) is 0 Å². The van der Waals surface area contributed by atoms with Crippen molar-refractivity contribution in [3.63, 3.8) is 0 Å². The number of sulfone groups is 1. The standard InChI is InChI=1S/C19H18FN3O4S/c20-16-8-6-14(7-9-16)13-28(26,27)17(19(25)22-11-10-21)12-23-18(24)15-4-2-1-3-5-15/h1-9,17H,11-13H2,(H,22,25)(H,23,24). The lowest BCUT2D eigenvalue weighted by atomic mass is 10.2. The summed E-state index contributed by atoms with van der Waals surface area (Å²) >= 11 is 0. The number of rotatable bonds is 8. The van der Waals surface area contributed by atoms with Crippen molar-refractivity contribution < 1.29 is 22.4 Å². The number of carbonyl (C=O) groups is 2. The van der Waals surface area contributed by atoms with Crippen LogP contribution < -0.4 is 10.6 Å². The van der Waals surface area contributed by atoms with Crippen molar-refractivity contribution >= 4 is 21.7 Å². The van der Waals surface area contributed by atoms with Gasteiger partial charge in [-0.1, -0.05) is 30.3 Å². The quantitative estimate of drug-likeness (QED) is 0.642. The predicted octanol–water partition coefficient (Wildman–Crippen LogP) is 1.18. The third-order valence-electron chi connectivity index (χ3n) is 3.83. The molecule has 2 rings (SSSR count). The molecule has 9 heteroatoms. The molecule has 0 aliphatic carbocycles. The minimum Gasteiger partial charge on any atom is -0.350 e. The average molecular weight is 403 g/mol. The van der Waals surface area contributed by atoms with Crippen molar-refractivity contribution in [3.8, 4) is 6.07 Å². The molecule has 2 aromatic rings. The van der Waals surface area contributed by atoms with Gasteiger partial charge in [-0.3, -0.25) is 9.59 Å². The number of hydrogen-bond acceptors (Lipinski definition) is 5. The van der Waals surface area contributed by atoms with Crippen molar-refractivity contribution in [1.82, 2.24) is 10.6 Å². The van der Waals surface area contributed by atoms with Gasteiger partial charge in [-0.25, -0.2) is 12.8 Å². The third-order valence-corrected chi connectivity index (χ3v) is 5.82. The van der Waals surface area contributed by atoms with Crippen LogP contribution in [-0.4, -0.2) is 38.6 Å². The number of nitrogens with zero attached hydrogens (tertiary/aromatic N) is 1. The second-order valence-electron chi connectivity index (χ2n) is 5.87. The highest BCUT2D eigenvalue weighted by molar-refractivity contribution is 7.92. The van der Waals surface area contributed by atoms with E-state index in [9.17, 15) is 22.4 Å². The normalized spacial score (nSPS) is 11.9. The van der Waals surface area contributed by atoms with Crippen LogP contribution in [0.15, 0.2) is 54.6 Å². The Hall–Kier alpha value is -3.25. The van der Waals surface area contributed by atoms with Crippen LogP contribution >= 0.6 is 0 Å². The first-order valence-corrected chi connectivity index (χ1v) is 9.99. The number of hydrogen-bond donors (Lipinski definition) is 2. The Labute approximate surface area is 162 Å². The highest BCUT2D eigenvalue weighted by Gasteiger charge is 2.33. The van der Waals surface area contributed by atoms with E-state index in [2.05, 4.69) is 10.6 Å². The molecule has 28 heavy (non-hydrogen) atoms. The summed E-state index contributed by atoms with van der Waals surface area (Å²) in [5.74, 6) is -2.45. The zero-order chi connectivity index (χ0) is 20.6. The Morgan fingerprint density at radius 1 is 1.04 bits per heavy atom. The summed E-state index contributed by atoms with van der Waals surface area (Å²) in [6, 6.07) is 14.7. The molecule has 0 aliphatic heterocycles. The maximum absolute atomic E-state index is 13.0. The molecule has 146 valence electrons. The molecule has 0 saturated carbocycles. The first-order chi connectivity index (χ1) is 13.3. The fourth-order valence-corrected chi connectivity index (χ4v) is 4.02. The summed E-state index contributed by atoms with van der Waals surface area (Å²) in [4.78, 5) is 24.5. The van der Waals surface area contributed by atoms with Crippen LogP contribution in [0.3, 0.4) is 0 Å². The molecular weight excluding hydrogens is 385 g/mol. The number of carbonyl (C=O) groups excluding carboxylic acids is 2. The van der Waals surface area contributed by atoms with Crippen molar-refractivity contribution in [2.75, 3.05) is 13.1 Å². The molecule has 2 amide bonds. The molecule has 1 unspecified atom stereocenters. The van der Waals surface area contributed by atoms with Crippen molar-refractivity contribution in [2.24, 2.45) is 0 Å². The average Bonchev–Trinajstić information content (AvgIpc) is 2.68. The summed E-state index contributed by atoms with van der Waals surface area (Å²) < 4.78 is 38.5. The molecule has 0 bridgehead atoms. The number of amides is 2. The smallest absolute Gasteiger partial charge is 0.251 e. The molecule has 0 radical (unpaired) electrons. The second-order valence-corrected chi connectivity index (χ2v) is 8.06. The van der Waals surface area contributed by atoms with Gasteiger partial charge in [0.15, 0.2) is 15.1 Å². The Balaban J connectivity index is 2.17. The molecule has 0 saturated heterocycles. The van der Waals surface area contributed by atoms with Crippen LogP contribution in [-0.2, 0) is 20.4 Å². The van der Waals surface area contributed by atoms with Crippen LogP contribution in [0.5, 0.6) is 0 Å². The highest BCUT2D eigenvalue weighted by atomic mass is 32.2. The van der Waals surface area contributed by atoms with Gasteiger partial charge in [0.05, 0.1) is 11.8 Å². The highest BCUT2D eigenvalue weighted by Crippen LogP contribution is 2.13. The second kappa shape index (κ2) is 9.62. The molecule has 2 aromatic carbocycles. The summed E-state index contributed by atoms with van der Waals surface area (Å²) in [7, 11) is -4.05. The summed E-state index contributed by atoms with van der Waals surface area (Å²) in [5, 5.41) is 11.7. The minimum absolute atomic E-state index is 0.300. The van der Waals surface area contributed by atoms with Crippen molar-refractivity contribution in [1.29, 1.82) is 5.26 Å². The Bertz CT molecular complexity index is 970. The van der Waals surface area contributed by atoms with E-state index >= 15 is 0 Å². The first kappa shape index (κ1) is 21.1. The zero-order valence-electron chi connectivity index (χ0n) is 14.8. The molecule has 1 atom stereocenters. The fraction of sp³-hybridized carbons (Fsp3) is 0.211. The maximum Gasteiger partial charge on any atom is 0.251 e. The van der Waals surface area contributed by atoms with E-state index in [1.54, 1.807) is 36.4 Å². The number of benzene rings is 2. The van der Waals surface area contributed by atoms with E-state index in [0.717, 1.165) is 12.1 Å². The largest absolute Gasteiger partial charge is 0.350 e. The van der Waals surface area contributed by atoms with Gasteiger partial charge < -0.3 is 10.6 Å². The van der Waals surface area contributed by atoms with Crippen LogP contribution in [0, 0.1) is 17.1 Å². The van der Waals surface area contributed by atoms with Gasteiger partial charge in [0.2, 0.25) is 5.91 Å². The molecule has 0 aromatic heterocycles. The van der Waals surface area contributed by atoms with E-state index in [0.29, 0.717) is 11.1 Å². The summed E-state index contributed by atoms with van der Waals surface area (Å²) in [5.41, 5.74) is 0.614. The molecule has 7 nitrogen and oxygen atoms in total. The Kier molecular flexibility index (Phi) is 7.23. The van der Waals surface area contributed by atoms with Gasteiger partial charge in [0.1, 0.15) is 12.4 Å². The summed E-state index contributed by atoms with van der Waals surface area (Å²) in [6.45, 7) is -0.831. The maximum atomic E-state index is 13.0. The Morgan fingerprint density at radius 2 is 1.68 bits per heavy atom. The lowest BCUT2D eigenvalue weighted by molar-refractivity contribution is -0.120. The van der Waals surface area contributed by atoms with Gasteiger partial charge in [-0.05, 0) is 29.8 Å². The number of halogens is 1. The van der Waals surface area contributed by atoms with Crippen LogP contribution in [0.2, 0.25) is 0 Å². The van der Waals surface area contributed by atoms with E-state index in [4.69, 9.17) is 5.26 Å². The van der Waals surface area contributed by atoms with Crippen LogP contribution in [0.25, 0.3) is 0 Å². The van der Waals surface area contributed by atoms with Crippen molar-refractivity contribution in [3.05, 3.63) is 71.5 Å². The van der Waals surface area contributed by atoms with E-state index in [1.165, 1.54) is 12.1 Å². The lowest BCUT2D eigenvalue weighted by Gasteiger charge is -2.17. The molecule has 0 fully saturated rings. The lowest BCUT2D eigenvalue weighted by Crippen LogP contribution is -2.47. The van der Waals surface area contributed by atoms with E-state index < -0.39 is 45.0 Å². The van der Waals surface area contributed by atoms with Gasteiger partial charge in [0, 0.05) is 12.1 Å². The van der Waals surface area contributed by atoms with Gasteiger partial charge in [0.25, 0.3) is 5.91 Å². The SMILES string of the molecule is N#CCNC(=O)C(CNC(=O)c1ccccc1)S(=O)(=O)Cc1ccc(F)cc1. The minimum atomic E-state index is -4.05. The van der Waals surface area contributed by atoms with Gasteiger partial charge in [-0.2, -0.15) is 5.26 Å². The molecule has 0 aliphatic rings. The van der Waals surface area contributed by atoms with Crippen LogP contribution in [0.1, 0.15) is 15.9 Å². The number of nitriles is 1. The topological polar surface area (TPSA) is 116 Å². The van der Waals surface area contributed by atoms with E-state index in [-0.39, 0.29) is 6.54 Å². The number of nitrogens with one attached hydrogen (secondary N) is 2. The molecule has 0 spiro atoms. The fourth-order valence-electron chi connectivity index (χ4n) is 2.41. The van der Waals surface area contributed by atoms with Crippen LogP contribution in [0.4, 0.5) is 4.39 Å². The molecular formula is C19H18FN3O4S. The third kappa shape index (κ3) is 5.89.